The lowest BCUT2D eigenvalue weighted by molar-refractivity contribution is 0.318. The highest BCUT2D eigenvalue weighted by atomic mass is 16.5. The molecular formula is C17H24N2O. The highest BCUT2D eigenvalue weighted by molar-refractivity contribution is 5.85. The average molecular weight is 272 g/mol. The molecule has 3 rings (SSSR count). The quantitative estimate of drug-likeness (QED) is 0.891. The van der Waals surface area contributed by atoms with Gasteiger partial charge in [0.05, 0.1) is 6.61 Å². The first-order valence-electron chi connectivity index (χ1n) is 7.74. The molecule has 2 N–H and O–H groups in total. The summed E-state index contributed by atoms with van der Waals surface area (Å²) in [4.78, 5) is 3.41. The van der Waals surface area contributed by atoms with E-state index in [9.17, 15) is 0 Å². The lowest BCUT2D eigenvalue weighted by Crippen LogP contribution is -2.33. The van der Waals surface area contributed by atoms with Crippen LogP contribution in [0, 0.1) is 5.92 Å². The van der Waals surface area contributed by atoms with Crippen molar-refractivity contribution < 1.29 is 4.74 Å². The zero-order chi connectivity index (χ0) is 13.9. The Kier molecular flexibility index (Phi) is 3.97. The maximum Gasteiger partial charge on any atom is 0.120 e. The Bertz CT molecular complexity index is 575. The van der Waals surface area contributed by atoms with Crippen LogP contribution < -0.4 is 10.1 Å². The number of benzene rings is 1. The summed E-state index contributed by atoms with van der Waals surface area (Å²) in [7, 11) is 0. The van der Waals surface area contributed by atoms with Gasteiger partial charge in [-0.1, -0.05) is 13.8 Å². The largest absolute Gasteiger partial charge is 0.494 e. The number of ether oxygens (including phenoxy) is 1. The van der Waals surface area contributed by atoms with Gasteiger partial charge in [0.25, 0.3) is 0 Å². The number of aromatic nitrogens is 1. The van der Waals surface area contributed by atoms with Crippen LogP contribution in [0.3, 0.4) is 0 Å². The highest BCUT2D eigenvalue weighted by Gasteiger charge is 2.25. The normalized spacial score (nSPS) is 23.1. The smallest absolute Gasteiger partial charge is 0.120 e. The molecule has 1 fully saturated rings. The van der Waals surface area contributed by atoms with Crippen LogP contribution in [0.1, 0.15) is 38.2 Å². The lowest BCUT2D eigenvalue weighted by atomic mass is 9.82. The Labute approximate surface area is 120 Å². The molecule has 0 aliphatic carbocycles. The van der Waals surface area contributed by atoms with E-state index in [-0.39, 0.29) is 0 Å². The molecule has 0 amide bonds. The third-order valence-electron chi connectivity index (χ3n) is 4.34. The number of fused-ring (bicyclic) bond motifs is 1. The number of piperidine rings is 1. The first kappa shape index (κ1) is 13.5. The zero-order valence-electron chi connectivity index (χ0n) is 12.4. The molecule has 1 aromatic heterocycles. The van der Waals surface area contributed by atoms with Gasteiger partial charge in [-0.25, -0.2) is 0 Å². The van der Waals surface area contributed by atoms with E-state index in [1.807, 2.05) is 0 Å². The van der Waals surface area contributed by atoms with Crippen LogP contribution in [0.4, 0.5) is 0 Å². The monoisotopic (exact) mass is 272 g/mol. The molecule has 108 valence electrons. The molecule has 0 spiro atoms. The standard InChI is InChI=1S/C17H24N2O/c1-3-8-20-13-4-5-17-15(9-13)16(11-19-17)14-6-7-18-10-12(14)2/h4-5,9,11-12,14,18-19H,3,6-8,10H2,1-2H3. The number of hydrogen-bond donors (Lipinski definition) is 2. The SMILES string of the molecule is CCCOc1ccc2[nH]cc(C3CCNCC3C)c2c1. The third-order valence-corrected chi connectivity index (χ3v) is 4.34. The van der Waals surface area contributed by atoms with Crippen LogP contribution in [0.5, 0.6) is 5.75 Å². The van der Waals surface area contributed by atoms with Gasteiger partial charge >= 0.3 is 0 Å². The molecule has 1 saturated heterocycles. The fourth-order valence-corrected chi connectivity index (χ4v) is 3.21. The van der Waals surface area contributed by atoms with Crippen LogP contribution in [0.25, 0.3) is 10.9 Å². The van der Waals surface area contributed by atoms with Crippen LogP contribution in [0.15, 0.2) is 24.4 Å². The summed E-state index contributed by atoms with van der Waals surface area (Å²) in [5, 5.41) is 4.81. The maximum atomic E-state index is 5.78. The fourth-order valence-electron chi connectivity index (χ4n) is 3.21. The lowest BCUT2D eigenvalue weighted by Gasteiger charge is -2.29. The van der Waals surface area contributed by atoms with Gasteiger partial charge in [0.2, 0.25) is 0 Å². The second-order valence-electron chi connectivity index (χ2n) is 5.88. The molecule has 2 aromatic rings. The van der Waals surface area contributed by atoms with Crippen LogP contribution in [-0.2, 0) is 0 Å². The molecule has 0 saturated carbocycles. The Balaban J connectivity index is 1.93. The highest BCUT2D eigenvalue weighted by Crippen LogP contribution is 2.36. The predicted octanol–water partition coefficient (Wildman–Crippen LogP) is 3.67. The number of rotatable bonds is 4. The minimum Gasteiger partial charge on any atom is -0.494 e. The summed E-state index contributed by atoms with van der Waals surface area (Å²) >= 11 is 0. The summed E-state index contributed by atoms with van der Waals surface area (Å²) in [5.41, 5.74) is 2.67. The van der Waals surface area contributed by atoms with Crippen molar-refractivity contribution in [1.29, 1.82) is 0 Å². The van der Waals surface area contributed by atoms with E-state index in [1.165, 1.54) is 22.9 Å². The molecule has 1 aliphatic rings. The third kappa shape index (κ3) is 2.55. The van der Waals surface area contributed by atoms with E-state index in [2.05, 4.69) is 48.5 Å². The molecule has 2 atom stereocenters. The molecule has 0 bridgehead atoms. The molecule has 3 heteroatoms. The van der Waals surface area contributed by atoms with Gasteiger partial charge in [-0.2, -0.15) is 0 Å². The van der Waals surface area contributed by atoms with Crippen molar-refractivity contribution in [1.82, 2.24) is 10.3 Å². The molecule has 0 radical (unpaired) electrons. The van der Waals surface area contributed by atoms with E-state index >= 15 is 0 Å². The van der Waals surface area contributed by atoms with E-state index in [1.54, 1.807) is 0 Å². The van der Waals surface area contributed by atoms with Crippen molar-refractivity contribution in [2.75, 3.05) is 19.7 Å². The summed E-state index contributed by atoms with van der Waals surface area (Å²) < 4.78 is 5.78. The van der Waals surface area contributed by atoms with E-state index in [0.717, 1.165) is 31.9 Å². The maximum absolute atomic E-state index is 5.78. The van der Waals surface area contributed by atoms with Gasteiger partial charge < -0.3 is 15.0 Å². The van der Waals surface area contributed by atoms with Crippen molar-refractivity contribution in [3.8, 4) is 5.75 Å². The number of aromatic amines is 1. The van der Waals surface area contributed by atoms with E-state index < -0.39 is 0 Å². The van der Waals surface area contributed by atoms with Crippen LogP contribution in [0.2, 0.25) is 0 Å². The Morgan fingerprint density at radius 2 is 2.25 bits per heavy atom. The molecule has 2 heterocycles. The van der Waals surface area contributed by atoms with Crippen LogP contribution >= 0.6 is 0 Å². The van der Waals surface area contributed by atoms with Gasteiger partial charge in [0.15, 0.2) is 0 Å². The number of H-pyrrole nitrogens is 1. The zero-order valence-corrected chi connectivity index (χ0v) is 12.4. The van der Waals surface area contributed by atoms with Gasteiger partial charge in [-0.05, 0) is 61.5 Å². The minimum absolute atomic E-state index is 0.645. The van der Waals surface area contributed by atoms with Crippen molar-refractivity contribution in [3.05, 3.63) is 30.0 Å². The molecule has 2 unspecified atom stereocenters. The fraction of sp³-hybridized carbons (Fsp3) is 0.529. The second-order valence-corrected chi connectivity index (χ2v) is 5.88. The topological polar surface area (TPSA) is 37.0 Å². The second kappa shape index (κ2) is 5.88. The minimum atomic E-state index is 0.645. The Morgan fingerprint density at radius 1 is 1.35 bits per heavy atom. The van der Waals surface area contributed by atoms with Gasteiger partial charge in [0.1, 0.15) is 5.75 Å². The molecule has 3 nitrogen and oxygen atoms in total. The van der Waals surface area contributed by atoms with Gasteiger partial charge in [0, 0.05) is 17.1 Å². The molecular weight excluding hydrogens is 248 g/mol. The van der Waals surface area contributed by atoms with Crippen molar-refractivity contribution in [2.45, 2.75) is 32.6 Å². The first-order chi connectivity index (χ1) is 9.79. The summed E-state index contributed by atoms with van der Waals surface area (Å²) in [5.74, 6) is 2.32. The van der Waals surface area contributed by atoms with E-state index in [0.29, 0.717) is 11.8 Å². The summed E-state index contributed by atoms with van der Waals surface area (Å²) in [6, 6.07) is 6.39. The number of hydrogen-bond acceptors (Lipinski definition) is 2. The Hall–Kier alpha value is -1.48. The molecule has 1 aliphatic heterocycles. The molecule has 1 aromatic carbocycles. The van der Waals surface area contributed by atoms with Gasteiger partial charge in [-0.3, -0.25) is 0 Å². The Morgan fingerprint density at radius 3 is 3.05 bits per heavy atom. The first-order valence-corrected chi connectivity index (χ1v) is 7.74. The summed E-state index contributed by atoms with van der Waals surface area (Å²) in [6.07, 6.45) is 4.46. The average Bonchev–Trinajstić information content (AvgIpc) is 2.88. The van der Waals surface area contributed by atoms with Crippen molar-refractivity contribution >= 4 is 10.9 Å². The van der Waals surface area contributed by atoms with E-state index in [4.69, 9.17) is 4.74 Å². The van der Waals surface area contributed by atoms with Crippen molar-refractivity contribution in [2.24, 2.45) is 5.92 Å². The van der Waals surface area contributed by atoms with Crippen molar-refractivity contribution in [3.63, 3.8) is 0 Å². The van der Waals surface area contributed by atoms with Gasteiger partial charge in [-0.15, -0.1) is 0 Å². The van der Waals surface area contributed by atoms with Crippen LogP contribution in [-0.4, -0.2) is 24.7 Å². The molecule has 20 heavy (non-hydrogen) atoms. The predicted molar refractivity (Wildman–Crippen MR) is 83.5 cm³/mol. The number of nitrogens with one attached hydrogen (secondary N) is 2. The summed E-state index contributed by atoms with van der Waals surface area (Å²) in [6.45, 7) is 7.50.